The van der Waals surface area contributed by atoms with Crippen LogP contribution in [0.3, 0.4) is 0 Å². The summed E-state index contributed by atoms with van der Waals surface area (Å²) in [5, 5.41) is 0. The third kappa shape index (κ3) is 1.43. The first-order valence-electron chi connectivity index (χ1n) is 6.43. The zero-order valence-corrected chi connectivity index (χ0v) is 10.6. The van der Waals surface area contributed by atoms with E-state index in [0.717, 1.165) is 12.8 Å². The lowest BCUT2D eigenvalue weighted by atomic mass is 9.73. The largest absolute Gasteiger partial charge is 0.457 e. The number of benzene rings is 1. The number of hydrogen-bond donors (Lipinski definition) is 0. The maximum atomic E-state index is 11.8. The third-order valence-electron chi connectivity index (χ3n) is 4.09. The van der Waals surface area contributed by atoms with Crippen molar-refractivity contribution in [2.75, 3.05) is 0 Å². The number of carbonyl (C=O) groups is 1. The fraction of sp³-hybridized carbons (Fsp3) is 0.533. The lowest BCUT2D eigenvalue weighted by molar-refractivity contribution is -0.159. The van der Waals surface area contributed by atoms with Gasteiger partial charge in [-0.1, -0.05) is 26.0 Å². The van der Waals surface area contributed by atoms with Crippen LogP contribution in [0.1, 0.15) is 66.9 Å². The van der Waals surface area contributed by atoms with E-state index in [4.69, 9.17) is 4.74 Å². The van der Waals surface area contributed by atoms with Gasteiger partial charge in [0.25, 0.3) is 0 Å². The van der Waals surface area contributed by atoms with Crippen molar-refractivity contribution in [2.24, 2.45) is 0 Å². The highest BCUT2D eigenvalue weighted by Gasteiger charge is 2.42. The molecule has 0 saturated carbocycles. The summed E-state index contributed by atoms with van der Waals surface area (Å²) in [6.07, 6.45) is 1.96. The average molecular weight is 230 g/mol. The molecule has 2 nitrogen and oxygen atoms in total. The van der Waals surface area contributed by atoms with Crippen molar-refractivity contribution in [3.05, 3.63) is 34.4 Å². The smallest absolute Gasteiger partial charge is 0.314 e. The molecule has 17 heavy (non-hydrogen) atoms. The third-order valence-corrected chi connectivity index (χ3v) is 4.09. The summed E-state index contributed by atoms with van der Waals surface area (Å²) < 4.78 is 5.52. The lowest BCUT2D eigenvalue weighted by Crippen LogP contribution is -2.34. The first-order valence-corrected chi connectivity index (χ1v) is 6.43. The lowest BCUT2D eigenvalue weighted by Gasteiger charge is -2.39. The molecule has 90 valence electrons. The standard InChI is InChI=1S/C15H18O2/c1-8(2)10-5-4-9(3)13-11-6-7-12(14(10)13)17-15(11)16/h4-5,8,11-12H,6-7H2,1-3H3. The molecule has 0 N–H and O–H groups in total. The fourth-order valence-electron chi connectivity index (χ4n) is 3.27. The van der Waals surface area contributed by atoms with E-state index in [1.54, 1.807) is 0 Å². The molecular formula is C15H18O2. The molecule has 0 spiro atoms. The van der Waals surface area contributed by atoms with Crippen LogP contribution in [0.2, 0.25) is 0 Å². The Morgan fingerprint density at radius 3 is 2.65 bits per heavy atom. The molecule has 1 aliphatic carbocycles. The Bertz CT molecular complexity index is 488. The maximum Gasteiger partial charge on any atom is 0.314 e. The summed E-state index contributed by atoms with van der Waals surface area (Å²) >= 11 is 0. The highest BCUT2D eigenvalue weighted by Crippen LogP contribution is 2.49. The second-order valence-electron chi connectivity index (χ2n) is 5.51. The van der Waals surface area contributed by atoms with E-state index in [2.05, 4.69) is 32.9 Å². The second kappa shape index (κ2) is 3.59. The molecule has 2 heteroatoms. The van der Waals surface area contributed by atoms with Gasteiger partial charge in [0.1, 0.15) is 6.10 Å². The van der Waals surface area contributed by atoms with Gasteiger partial charge in [-0.2, -0.15) is 0 Å². The van der Waals surface area contributed by atoms with E-state index in [0.29, 0.717) is 5.92 Å². The van der Waals surface area contributed by atoms with Crippen LogP contribution in [0, 0.1) is 6.92 Å². The van der Waals surface area contributed by atoms with Crippen LogP contribution in [-0.2, 0) is 9.53 Å². The van der Waals surface area contributed by atoms with E-state index in [1.165, 1.54) is 22.3 Å². The van der Waals surface area contributed by atoms with E-state index in [-0.39, 0.29) is 18.0 Å². The molecule has 2 aliphatic heterocycles. The Kier molecular flexibility index (Phi) is 2.29. The molecule has 2 unspecified atom stereocenters. The van der Waals surface area contributed by atoms with Crippen molar-refractivity contribution in [1.82, 2.24) is 0 Å². The molecule has 0 aromatic heterocycles. The maximum absolute atomic E-state index is 11.8. The van der Waals surface area contributed by atoms with Crippen molar-refractivity contribution in [3.8, 4) is 0 Å². The minimum Gasteiger partial charge on any atom is -0.457 e. The summed E-state index contributed by atoms with van der Waals surface area (Å²) in [5.41, 5.74) is 5.18. The van der Waals surface area contributed by atoms with Crippen LogP contribution in [0.25, 0.3) is 0 Å². The van der Waals surface area contributed by atoms with Gasteiger partial charge in [0.15, 0.2) is 0 Å². The minimum absolute atomic E-state index is 0.00583. The van der Waals surface area contributed by atoms with Crippen LogP contribution in [0.15, 0.2) is 12.1 Å². The number of carbonyl (C=O) groups excluding carboxylic acids is 1. The highest BCUT2D eigenvalue weighted by atomic mass is 16.5. The van der Waals surface area contributed by atoms with E-state index < -0.39 is 0 Å². The molecule has 1 fully saturated rings. The van der Waals surface area contributed by atoms with Crippen molar-refractivity contribution in [1.29, 1.82) is 0 Å². The van der Waals surface area contributed by atoms with Gasteiger partial charge >= 0.3 is 5.97 Å². The van der Waals surface area contributed by atoms with Crippen molar-refractivity contribution < 1.29 is 9.53 Å². The summed E-state index contributed by atoms with van der Waals surface area (Å²) in [6, 6.07) is 4.36. The molecule has 2 heterocycles. The van der Waals surface area contributed by atoms with Crippen LogP contribution < -0.4 is 0 Å². The van der Waals surface area contributed by atoms with Gasteiger partial charge in [0.05, 0.1) is 5.92 Å². The molecule has 0 amide bonds. The summed E-state index contributed by atoms with van der Waals surface area (Å²) in [4.78, 5) is 11.8. The van der Waals surface area contributed by atoms with Crippen molar-refractivity contribution >= 4 is 5.97 Å². The zero-order valence-electron chi connectivity index (χ0n) is 10.6. The molecule has 4 rings (SSSR count). The Morgan fingerprint density at radius 2 is 2.00 bits per heavy atom. The number of rotatable bonds is 1. The number of hydrogen-bond acceptors (Lipinski definition) is 2. The zero-order chi connectivity index (χ0) is 12.2. The fourth-order valence-corrected chi connectivity index (χ4v) is 3.27. The number of aryl methyl sites for hydroxylation is 1. The molecule has 1 saturated heterocycles. The van der Waals surface area contributed by atoms with E-state index >= 15 is 0 Å². The first-order chi connectivity index (χ1) is 8.09. The van der Waals surface area contributed by atoms with Crippen molar-refractivity contribution in [3.63, 3.8) is 0 Å². The molecule has 1 aromatic carbocycles. The quantitative estimate of drug-likeness (QED) is 0.689. The van der Waals surface area contributed by atoms with E-state index in [9.17, 15) is 4.79 Å². The number of ether oxygens (including phenoxy) is 1. The monoisotopic (exact) mass is 230 g/mol. The van der Waals surface area contributed by atoms with Gasteiger partial charge in [0.2, 0.25) is 0 Å². The molecule has 1 aromatic rings. The van der Waals surface area contributed by atoms with E-state index in [1.807, 2.05) is 0 Å². The second-order valence-corrected chi connectivity index (χ2v) is 5.51. The predicted molar refractivity (Wildman–Crippen MR) is 66.1 cm³/mol. The average Bonchev–Trinajstić information content (AvgIpc) is 2.29. The minimum atomic E-state index is -0.0160. The predicted octanol–water partition coefficient (Wildman–Crippen LogP) is 3.59. The Balaban J connectivity index is 2.26. The van der Waals surface area contributed by atoms with Crippen LogP contribution >= 0.6 is 0 Å². The molecule has 2 atom stereocenters. The molecular weight excluding hydrogens is 212 g/mol. The van der Waals surface area contributed by atoms with Gasteiger partial charge in [0, 0.05) is 5.56 Å². The summed E-state index contributed by atoms with van der Waals surface area (Å²) in [7, 11) is 0. The first kappa shape index (κ1) is 10.8. The highest BCUT2D eigenvalue weighted by molar-refractivity contribution is 5.83. The molecule has 0 radical (unpaired) electrons. The van der Waals surface area contributed by atoms with Gasteiger partial charge < -0.3 is 4.74 Å². The van der Waals surface area contributed by atoms with Crippen LogP contribution in [0.4, 0.5) is 0 Å². The van der Waals surface area contributed by atoms with Gasteiger partial charge in [-0.15, -0.1) is 0 Å². The molecule has 2 bridgehead atoms. The normalized spacial score (nSPS) is 26.0. The molecule has 3 aliphatic rings. The topological polar surface area (TPSA) is 26.3 Å². The van der Waals surface area contributed by atoms with Gasteiger partial charge in [-0.05, 0) is 42.4 Å². The Labute approximate surface area is 102 Å². The van der Waals surface area contributed by atoms with Gasteiger partial charge in [-0.25, -0.2) is 0 Å². The number of fused-ring (bicyclic) bond motifs is 2. The van der Waals surface area contributed by atoms with Gasteiger partial charge in [-0.3, -0.25) is 4.79 Å². The SMILES string of the molecule is Cc1ccc(C(C)C)c2c1C1CCC2OC1=O. The van der Waals surface area contributed by atoms with Crippen LogP contribution in [-0.4, -0.2) is 5.97 Å². The summed E-state index contributed by atoms with van der Waals surface area (Å²) in [5.74, 6) is 0.467. The Hall–Kier alpha value is -1.31. The summed E-state index contributed by atoms with van der Waals surface area (Å²) in [6.45, 7) is 6.51. The Morgan fingerprint density at radius 1 is 1.24 bits per heavy atom. The van der Waals surface area contributed by atoms with Crippen LogP contribution in [0.5, 0.6) is 0 Å². The number of esters is 1. The van der Waals surface area contributed by atoms with Crippen molar-refractivity contribution in [2.45, 2.75) is 51.6 Å².